The van der Waals surface area contributed by atoms with Crippen molar-refractivity contribution in [3.63, 3.8) is 0 Å². The van der Waals surface area contributed by atoms with E-state index in [1.165, 1.54) is 0 Å². The van der Waals surface area contributed by atoms with E-state index in [2.05, 4.69) is 15.9 Å². The maximum atomic E-state index is 11.4. The lowest BCUT2D eigenvalue weighted by molar-refractivity contribution is -0.130. The van der Waals surface area contributed by atoms with Gasteiger partial charge in [-0.25, -0.2) is 0 Å². The first-order valence-electron chi connectivity index (χ1n) is 5.46. The second-order valence-electron chi connectivity index (χ2n) is 3.66. The second kappa shape index (κ2) is 7.29. The molecule has 0 aromatic heterocycles. The van der Waals surface area contributed by atoms with E-state index in [9.17, 15) is 4.79 Å². The summed E-state index contributed by atoms with van der Waals surface area (Å²) in [6, 6.07) is 7.59. The predicted octanol–water partition coefficient (Wildman–Crippen LogP) is 1.64. The highest BCUT2D eigenvalue weighted by atomic mass is 79.9. The van der Waals surface area contributed by atoms with Gasteiger partial charge in [0.25, 0.3) is 0 Å². The lowest BCUT2D eigenvalue weighted by Crippen LogP contribution is -2.32. The van der Waals surface area contributed by atoms with E-state index in [-0.39, 0.29) is 5.91 Å². The van der Waals surface area contributed by atoms with E-state index in [1.54, 1.807) is 11.9 Å². The smallest absolute Gasteiger partial charge is 0.223 e. The van der Waals surface area contributed by atoms with Gasteiger partial charge in [-0.3, -0.25) is 4.79 Å². The molecular weight excluding hydrogens is 284 g/mol. The first-order valence-corrected chi connectivity index (χ1v) is 6.25. The number of amides is 1. The van der Waals surface area contributed by atoms with Crippen LogP contribution >= 0.6 is 15.9 Å². The molecule has 0 heterocycles. The molecule has 0 unspecified atom stereocenters. The van der Waals surface area contributed by atoms with Crippen molar-refractivity contribution < 1.29 is 9.53 Å². The monoisotopic (exact) mass is 300 g/mol. The Morgan fingerprint density at radius 3 is 2.65 bits per heavy atom. The van der Waals surface area contributed by atoms with Crippen LogP contribution in [-0.4, -0.2) is 37.6 Å². The van der Waals surface area contributed by atoms with Crippen LogP contribution in [0.5, 0.6) is 5.75 Å². The van der Waals surface area contributed by atoms with Crippen molar-refractivity contribution in [3.05, 3.63) is 28.7 Å². The van der Waals surface area contributed by atoms with Crippen LogP contribution in [0.25, 0.3) is 0 Å². The zero-order valence-corrected chi connectivity index (χ0v) is 11.4. The Balaban J connectivity index is 2.27. The lowest BCUT2D eigenvalue weighted by Gasteiger charge is -2.17. The van der Waals surface area contributed by atoms with Gasteiger partial charge in [0.2, 0.25) is 5.91 Å². The first kappa shape index (κ1) is 14.0. The summed E-state index contributed by atoms with van der Waals surface area (Å²) < 4.78 is 6.53. The van der Waals surface area contributed by atoms with Crippen molar-refractivity contribution in [2.45, 2.75) is 6.42 Å². The van der Waals surface area contributed by atoms with E-state index < -0.39 is 0 Å². The van der Waals surface area contributed by atoms with E-state index in [1.807, 2.05) is 24.3 Å². The largest absolute Gasteiger partial charge is 0.492 e. The topological polar surface area (TPSA) is 55.6 Å². The molecule has 0 saturated carbocycles. The number of hydrogen-bond donors (Lipinski definition) is 1. The molecule has 2 N–H and O–H groups in total. The number of hydrogen-bond acceptors (Lipinski definition) is 3. The molecule has 1 rings (SSSR count). The number of nitrogens with two attached hydrogens (primary N) is 1. The summed E-state index contributed by atoms with van der Waals surface area (Å²) in [6.45, 7) is 1.43. The molecular formula is C12H17BrN2O2. The third-order valence-electron chi connectivity index (χ3n) is 2.29. The number of nitrogens with zero attached hydrogens (tertiary/aromatic N) is 1. The quantitative estimate of drug-likeness (QED) is 0.869. The van der Waals surface area contributed by atoms with Crippen LogP contribution in [0, 0.1) is 0 Å². The van der Waals surface area contributed by atoms with Crippen molar-refractivity contribution in [3.8, 4) is 5.75 Å². The van der Waals surface area contributed by atoms with Gasteiger partial charge in [-0.05, 0) is 24.3 Å². The van der Waals surface area contributed by atoms with E-state index >= 15 is 0 Å². The van der Waals surface area contributed by atoms with Gasteiger partial charge in [0.15, 0.2) is 0 Å². The molecule has 0 aliphatic rings. The van der Waals surface area contributed by atoms with Crippen LogP contribution in [0.2, 0.25) is 0 Å². The molecule has 0 spiro atoms. The number of benzene rings is 1. The van der Waals surface area contributed by atoms with Gasteiger partial charge >= 0.3 is 0 Å². The lowest BCUT2D eigenvalue weighted by atomic mass is 10.3. The highest BCUT2D eigenvalue weighted by Gasteiger charge is 2.06. The van der Waals surface area contributed by atoms with Crippen molar-refractivity contribution >= 4 is 21.8 Å². The van der Waals surface area contributed by atoms with Crippen LogP contribution in [0.1, 0.15) is 6.42 Å². The number of ether oxygens (including phenoxy) is 1. The summed E-state index contributed by atoms with van der Waals surface area (Å²) in [5, 5.41) is 0. The zero-order valence-electron chi connectivity index (χ0n) is 9.86. The third-order valence-corrected chi connectivity index (χ3v) is 2.82. The summed E-state index contributed by atoms with van der Waals surface area (Å²) >= 11 is 3.35. The molecule has 0 radical (unpaired) electrons. The van der Waals surface area contributed by atoms with E-state index in [0.29, 0.717) is 26.1 Å². The number of carbonyl (C=O) groups is 1. The van der Waals surface area contributed by atoms with Gasteiger partial charge in [0.05, 0.1) is 6.54 Å². The number of likely N-dealkylation sites (N-methyl/N-ethyl adjacent to an activating group) is 1. The van der Waals surface area contributed by atoms with Crippen molar-refractivity contribution in [2.75, 3.05) is 26.7 Å². The van der Waals surface area contributed by atoms with Crippen LogP contribution in [0.3, 0.4) is 0 Å². The average molecular weight is 301 g/mol. The van der Waals surface area contributed by atoms with Crippen LogP contribution < -0.4 is 10.5 Å². The summed E-state index contributed by atoms with van der Waals surface area (Å²) in [4.78, 5) is 13.0. The fraction of sp³-hybridized carbons (Fsp3) is 0.417. The van der Waals surface area contributed by atoms with Crippen molar-refractivity contribution in [1.29, 1.82) is 0 Å². The highest BCUT2D eigenvalue weighted by molar-refractivity contribution is 9.10. The molecule has 17 heavy (non-hydrogen) atoms. The molecule has 1 aromatic rings. The third kappa shape index (κ3) is 5.19. The zero-order chi connectivity index (χ0) is 12.7. The SMILES string of the molecule is CN(CCOc1ccc(Br)cc1)C(=O)CCN. The van der Waals surface area contributed by atoms with Gasteiger partial charge in [-0.1, -0.05) is 15.9 Å². The predicted molar refractivity (Wildman–Crippen MR) is 70.9 cm³/mol. The van der Waals surface area contributed by atoms with Crippen molar-refractivity contribution in [2.24, 2.45) is 5.73 Å². The molecule has 0 atom stereocenters. The fourth-order valence-electron chi connectivity index (χ4n) is 1.27. The second-order valence-corrected chi connectivity index (χ2v) is 4.57. The Morgan fingerprint density at radius 1 is 1.41 bits per heavy atom. The van der Waals surface area contributed by atoms with Gasteiger partial charge in [-0.2, -0.15) is 0 Å². The normalized spacial score (nSPS) is 10.1. The van der Waals surface area contributed by atoms with Crippen LogP contribution in [0.4, 0.5) is 0 Å². The van der Waals surface area contributed by atoms with Crippen molar-refractivity contribution in [1.82, 2.24) is 4.90 Å². The summed E-state index contributed by atoms with van der Waals surface area (Å²) in [5.41, 5.74) is 5.32. The standard InChI is InChI=1S/C12H17BrN2O2/c1-15(12(16)6-7-14)8-9-17-11-4-2-10(13)3-5-11/h2-5H,6-9,14H2,1H3. The van der Waals surface area contributed by atoms with Gasteiger partial charge in [0.1, 0.15) is 12.4 Å². The fourth-order valence-corrected chi connectivity index (χ4v) is 1.53. The van der Waals surface area contributed by atoms with Crippen LogP contribution in [-0.2, 0) is 4.79 Å². The Labute approximate surface area is 110 Å². The molecule has 0 fully saturated rings. The minimum Gasteiger partial charge on any atom is -0.492 e. The summed E-state index contributed by atoms with van der Waals surface area (Å²) in [5.74, 6) is 0.847. The highest BCUT2D eigenvalue weighted by Crippen LogP contribution is 2.15. The molecule has 4 nitrogen and oxygen atoms in total. The minimum absolute atomic E-state index is 0.0481. The van der Waals surface area contributed by atoms with Gasteiger partial charge in [0, 0.05) is 24.5 Å². The molecule has 94 valence electrons. The maximum absolute atomic E-state index is 11.4. The van der Waals surface area contributed by atoms with E-state index in [0.717, 1.165) is 10.2 Å². The first-order chi connectivity index (χ1) is 8.13. The Kier molecular flexibility index (Phi) is 6.00. The summed E-state index contributed by atoms with van der Waals surface area (Å²) in [6.07, 6.45) is 0.384. The van der Waals surface area contributed by atoms with Gasteiger partial charge in [-0.15, -0.1) is 0 Å². The number of rotatable bonds is 6. The molecule has 5 heteroatoms. The molecule has 0 bridgehead atoms. The Morgan fingerprint density at radius 2 is 2.06 bits per heavy atom. The molecule has 1 amide bonds. The van der Waals surface area contributed by atoms with E-state index in [4.69, 9.17) is 10.5 Å². The molecule has 1 aromatic carbocycles. The summed E-state index contributed by atoms with van der Waals surface area (Å²) in [7, 11) is 1.75. The maximum Gasteiger partial charge on any atom is 0.223 e. The molecule has 0 saturated heterocycles. The van der Waals surface area contributed by atoms with Gasteiger partial charge < -0.3 is 15.4 Å². The Hall–Kier alpha value is -1.07. The molecule has 0 aliphatic carbocycles. The number of carbonyl (C=O) groups excluding carboxylic acids is 1. The molecule has 0 aliphatic heterocycles. The van der Waals surface area contributed by atoms with Crippen LogP contribution in [0.15, 0.2) is 28.7 Å². The average Bonchev–Trinajstić information content (AvgIpc) is 2.32. The Bertz CT molecular complexity index is 354. The minimum atomic E-state index is 0.0481. The number of halogens is 1.